The number of rotatable bonds is 2. The zero-order valence-corrected chi connectivity index (χ0v) is 11.4. The molecule has 2 aromatic rings. The minimum atomic E-state index is 0.00156. The van der Waals surface area contributed by atoms with E-state index >= 15 is 0 Å². The molecule has 0 saturated carbocycles. The van der Waals surface area contributed by atoms with Crippen LogP contribution < -0.4 is 4.74 Å². The molecule has 1 heterocycles. The Kier molecular flexibility index (Phi) is 2.90. The van der Waals surface area contributed by atoms with Crippen molar-refractivity contribution in [2.75, 3.05) is 6.61 Å². The maximum absolute atomic E-state index is 5.61. The second-order valence-electron chi connectivity index (χ2n) is 5.46. The lowest BCUT2D eigenvalue weighted by Crippen LogP contribution is -2.19. The number of hydrogen-bond donors (Lipinski definition) is 0. The Labute approximate surface area is 114 Å². The fourth-order valence-corrected chi connectivity index (χ4v) is 2.53. The van der Waals surface area contributed by atoms with Crippen LogP contribution in [0.1, 0.15) is 30.5 Å². The standard InChI is InChI=1S/C18H18O/c1-18(2,15-8-4-3-5-9-15)16-10-11-17-14(13-16)7-6-12-19-17/h3-11,13H,12H2,1-2H3. The van der Waals surface area contributed by atoms with Gasteiger partial charge < -0.3 is 4.74 Å². The first-order valence-corrected chi connectivity index (χ1v) is 6.67. The Hall–Kier alpha value is -2.02. The molecule has 0 aromatic heterocycles. The third-order valence-electron chi connectivity index (χ3n) is 3.86. The van der Waals surface area contributed by atoms with Gasteiger partial charge in [0.1, 0.15) is 12.4 Å². The van der Waals surface area contributed by atoms with Gasteiger partial charge in [0.15, 0.2) is 0 Å². The van der Waals surface area contributed by atoms with Gasteiger partial charge in [-0.05, 0) is 29.3 Å². The van der Waals surface area contributed by atoms with Crippen molar-refractivity contribution in [1.29, 1.82) is 0 Å². The van der Waals surface area contributed by atoms with Crippen molar-refractivity contribution >= 4 is 6.08 Å². The smallest absolute Gasteiger partial charge is 0.127 e. The summed E-state index contributed by atoms with van der Waals surface area (Å²) >= 11 is 0. The molecular formula is C18H18O. The van der Waals surface area contributed by atoms with Gasteiger partial charge in [-0.2, -0.15) is 0 Å². The van der Waals surface area contributed by atoms with Crippen LogP contribution in [0.2, 0.25) is 0 Å². The summed E-state index contributed by atoms with van der Waals surface area (Å²) in [5, 5.41) is 0. The fraction of sp³-hybridized carbons (Fsp3) is 0.222. The summed E-state index contributed by atoms with van der Waals surface area (Å²) in [4.78, 5) is 0. The highest BCUT2D eigenvalue weighted by molar-refractivity contribution is 5.61. The maximum Gasteiger partial charge on any atom is 0.127 e. The van der Waals surface area contributed by atoms with E-state index in [-0.39, 0.29) is 5.41 Å². The Morgan fingerprint density at radius 2 is 1.74 bits per heavy atom. The maximum atomic E-state index is 5.61. The molecule has 1 nitrogen and oxygen atoms in total. The Morgan fingerprint density at radius 1 is 0.947 bits per heavy atom. The van der Waals surface area contributed by atoms with Gasteiger partial charge in [-0.25, -0.2) is 0 Å². The molecule has 1 aliphatic heterocycles. The van der Waals surface area contributed by atoms with Crippen LogP contribution >= 0.6 is 0 Å². The number of hydrogen-bond acceptors (Lipinski definition) is 1. The summed E-state index contributed by atoms with van der Waals surface area (Å²) in [5.41, 5.74) is 3.82. The molecule has 0 radical (unpaired) electrons. The summed E-state index contributed by atoms with van der Waals surface area (Å²) in [5.74, 6) is 0.982. The molecule has 19 heavy (non-hydrogen) atoms. The van der Waals surface area contributed by atoms with E-state index in [1.165, 1.54) is 16.7 Å². The van der Waals surface area contributed by atoms with E-state index in [2.05, 4.69) is 74.5 Å². The molecule has 1 aliphatic rings. The molecule has 0 bridgehead atoms. The Balaban J connectivity index is 2.05. The molecule has 1 heteroatoms. The van der Waals surface area contributed by atoms with Crippen molar-refractivity contribution in [3.63, 3.8) is 0 Å². The lowest BCUT2D eigenvalue weighted by atomic mass is 9.77. The average Bonchev–Trinajstić information content (AvgIpc) is 2.47. The Bertz CT molecular complexity index is 609. The molecule has 2 aromatic carbocycles. The molecule has 0 fully saturated rings. The molecule has 0 saturated heterocycles. The minimum absolute atomic E-state index is 0.00156. The first kappa shape index (κ1) is 12.0. The number of fused-ring (bicyclic) bond motifs is 1. The summed E-state index contributed by atoms with van der Waals surface area (Å²) in [6, 6.07) is 17.1. The molecule has 0 atom stereocenters. The van der Waals surface area contributed by atoms with Crippen LogP contribution in [0.15, 0.2) is 54.6 Å². The zero-order valence-electron chi connectivity index (χ0n) is 11.4. The lowest BCUT2D eigenvalue weighted by molar-refractivity contribution is 0.358. The van der Waals surface area contributed by atoms with Crippen LogP contribution in [0, 0.1) is 0 Å². The molecule has 0 aliphatic carbocycles. The van der Waals surface area contributed by atoms with E-state index < -0.39 is 0 Å². The van der Waals surface area contributed by atoms with Crippen LogP contribution in [-0.2, 0) is 5.41 Å². The van der Waals surface area contributed by atoms with Crippen LogP contribution in [0.3, 0.4) is 0 Å². The summed E-state index contributed by atoms with van der Waals surface area (Å²) in [6.45, 7) is 5.20. The van der Waals surface area contributed by atoms with Crippen molar-refractivity contribution in [2.45, 2.75) is 19.3 Å². The third-order valence-corrected chi connectivity index (χ3v) is 3.86. The Morgan fingerprint density at radius 3 is 2.53 bits per heavy atom. The van der Waals surface area contributed by atoms with Gasteiger partial charge >= 0.3 is 0 Å². The van der Waals surface area contributed by atoms with Crippen LogP contribution in [0.5, 0.6) is 5.75 Å². The first-order valence-electron chi connectivity index (χ1n) is 6.67. The predicted octanol–water partition coefficient (Wildman–Crippen LogP) is 4.42. The first-order chi connectivity index (χ1) is 9.18. The van der Waals surface area contributed by atoms with E-state index in [1.807, 2.05) is 0 Å². The van der Waals surface area contributed by atoms with Gasteiger partial charge in [-0.1, -0.05) is 56.3 Å². The SMILES string of the molecule is CC(C)(c1ccccc1)c1ccc2c(c1)C=CCO2. The van der Waals surface area contributed by atoms with E-state index in [4.69, 9.17) is 4.74 Å². The van der Waals surface area contributed by atoms with Gasteiger partial charge in [-0.3, -0.25) is 0 Å². The van der Waals surface area contributed by atoms with Gasteiger partial charge in [0.25, 0.3) is 0 Å². The minimum Gasteiger partial charge on any atom is -0.489 e. The van der Waals surface area contributed by atoms with Gasteiger partial charge in [-0.15, -0.1) is 0 Å². The zero-order chi connectivity index (χ0) is 13.3. The van der Waals surface area contributed by atoms with Gasteiger partial charge in [0.05, 0.1) is 0 Å². The van der Waals surface area contributed by atoms with Crippen LogP contribution in [-0.4, -0.2) is 6.61 Å². The molecular weight excluding hydrogens is 232 g/mol. The second kappa shape index (κ2) is 4.58. The van der Waals surface area contributed by atoms with Crippen molar-refractivity contribution in [3.8, 4) is 5.75 Å². The lowest BCUT2D eigenvalue weighted by Gasteiger charge is -2.27. The van der Waals surface area contributed by atoms with Crippen molar-refractivity contribution in [2.24, 2.45) is 0 Å². The highest BCUT2D eigenvalue weighted by atomic mass is 16.5. The van der Waals surface area contributed by atoms with Gasteiger partial charge in [0.2, 0.25) is 0 Å². The molecule has 0 amide bonds. The normalized spacial score (nSPS) is 13.8. The summed E-state index contributed by atoms with van der Waals surface area (Å²) in [6.07, 6.45) is 4.20. The predicted molar refractivity (Wildman–Crippen MR) is 79.5 cm³/mol. The second-order valence-corrected chi connectivity index (χ2v) is 5.46. The molecule has 0 unspecified atom stereocenters. The molecule has 0 N–H and O–H groups in total. The molecule has 96 valence electrons. The molecule has 3 rings (SSSR count). The summed E-state index contributed by atoms with van der Waals surface area (Å²) < 4.78 is 5.61. The third kappa shape index (κ3) is 2.17. The van der Waals surface area contributed by atoms with Gasteiger partial charge in [0, 0.05) is 11.0 Å². The van der Waals surface area contributed by atoms with Crippen molar-refractivity contribution in [1.82, 2.24) is 0 Å². The highest BCUT2D eigenvalue weighted by Crippen LogP contribution is 2.35. The highest BCUT2D eigenvalue weighted by Gasteiger charge is 2.23. The summed E-state index contributed by atoms with van der Waals surface area (Å²) in [7, 11) is 0. The van der Waals surface area contributed by atoms with Crippen LogP contribution in [0.25, 0.3) is 6.08 Å². The topological polar surface area (TPSA) is 9.23 Å². The average molecular weight is 250 g/mol. The number of ether oxygens (including phenoxy) is 1. The fourth-order valence-electron chi connectivity index (χ4n) is 2.53. The van der Waals surface area contributed by atoms with E-state index in [1.54, 1.807) is 0 Å². The van der Waals surface area contributed by atoms with E-state index in [0.29, 0.717) is 6.61 Å². The van der Waals surface area contributed by atoms with Crippen LogP contribution in [0.4, 0.5) is 0 Å². The largest absolute Gasteiger partial charge is 0.489 e. The molecule has 0 spiro atoms. The quantitative estimate of drug-likeness (QED) is 0.766. The van der Waals surface area contributed by atoms with Crippen molar-refractivity contribution < 1.29 is 4.74 Å². The van der Waals surface area contributed by atoms with Crippen molar-refractivity contribution in [3.05, 3.63) is 71.3 Å². The number of benzene rings is 2. The van der Waals surface area contributed by atoms with E-state index in [9.17, 15) is 0 Å². The monoisotopic (exact) mass is 250 g/mol. The van der Waals surface area contributed by atoms with E-state index in [0.717, 1.165) is 5.75 Å².